The van der Waals surface area contributed by atoms with Crippen molar-refractivity contribution in [3.63, 3.8) is 0 Å². The van der Waals surface area contributed by atoms with E-state index < -0.39 is 60.0 Å². The SMILES string of the molecule is CC(C)(C)OC(=O)Nc1ccc(Br)cc1B1OC(C)(C)C(C)(C)O1.CC(C)(C)OC(=O)Nc1ccc(Br)cc1B1OC(C)(C)C(C)(C)O1. The van der Waals surface area contributed by atoms with Gasteiger partial charge in [-0.3, -0.25) is 10.6 Å². The Bertz CT molecular complexity index is 1360. The summed E-state index contributed by atoms with van der Waals surface area (Å²) >= 11 is 6.92. The van der Waals surface area contributed by atoms with E-state index in [1.165, 1.54) is 0 Å². The van der Waals surface area contributed by atoms with Crippen LogP contribution in [0.25, 0.3) is 0 Å². The molecule has 48 heavy (non-hydrogen) atoms. The first-order chi connectivity index (χ1) is 21.6. The molecule has 2 amide bonds. The van der Waals surface area contributed by atoms with Gasteiger partial charge < -0.3 is 28.1 Å². The average molecular weight is 796 g/mol. The van der Waals surface area contributed by atoms with Gasteiger partial charge in [0.25, 0.3) is 0 Å². The van der Waals surface area contributed by atoms with E-state index in [4.69, 9.17) is 28.1 Å². The molecule has 0 spiro atoms. The molecule has 2 aromatic rings. The zero-order valence-corrected chi connectivity index (χ0v) is 33.8. The van der Waals surface area contributed by atoms with Crippen LogP contribution in [-0.2, 0) is 28.1 Å². The van der Waals surface area contributed by atoms with Crippen LogP contribution in [0.1, 0.15) is 96.9 Å². The van der Waals surface area contributed by atoms with Gasteiger partial charge in [-0.25, -0.2) is 9.59 Å². The van der Waals surface area contributed by atoms with Crippen LogP contribution in [0, 0.1) is 0 Å². The van der Waals surface area contributed by atoms with Crippen molar-refractivity contribution in [1.82, 2.24) is 0 Å². The number of rotatable bonds is 4. The first-order valence-corrected chi connectivity index (χ1v) is 17.5. The molecule has 2 heterocycles. The number of amides is 2. The molecule has 0 aromatic heterocycles. The maximum atomic E-state index is 12.1. The molecule has 0 bridgehead atoms. The minimum Gasteiger partial charge on any atom is -0.444 e. The zero-order valence-electron chi connectivity index (χ0n) is 30.6. The lowest BCUT2D eigenvalue weighted by Gasteiger charge is -2.32. The third kappa shape index (κ3) is 10.5. The highest BCUT2D eigenvalue weighted by Crippen LogP contribution is 2.38. The molecule has 0 atom stereocenters. The first kappa shape index (κ1) is 40.3. The van der Waals surface area contributed by atoms with E-state index in [9.17, 15) is 9.59 Å². The zero-order chi connectivity index (χ0) is 36.7. The lowest BCUT2D eigenvalue weighted by Crippen LogP contribution is -2.41. The quantitative estimate of drug-likeness (QED) is 0.298. The molecule has 0 unspecified atom stereocenters. The summed E-state index contributed by atoms with van der Waals surface area (Å²) in [6.45, 7) is 26.9. The summed E-state index contributed by atoms with van der Waals surface area (Å²) in [4.78, 5) is 24.2. The Labute approximate surface area is 303 Å². The molecule has 0 saturated carbocycles. The summed E-state index contributed by atoms with van der Waals surface area (Å²) in [6.07, 6.45) is -1.02. The molecule has 0 radical (unpaired) electrons. The number of nitrogens with one attached hydrogen (secondary N) is 2. The van der Waals surface area contributed by atoms with Gasteiger partial charge in [-0.2, -0.15) is 0 Å². The topological polar surface area (TPSA) is 114 Å². The standard InChI is InChI=1S/2C17H25BBrNO4/c2*1-15(2,3)22-14(21)20-13-9-8-11(19)10-12(13)18-23-16(4,5)17(6,7)24-18/h2*8-10H,1-7H3,(H,20,21). The maximum absolute atomic E-state index is 12.1. The van der Waals surface area contributed by atoms with Crippen molar-refractivity contribution in [2.45, 2.75) is 131 Å². The Balaban J connectivity index is 0.000000260. The van der Waals surface area contributed by atoms with Crippen LogP contribution in [-0.4, -0.2) is 60.0 Å². The average Bonchev–Trinajstić information content (AvgIpc) is 3.23. The third-order valence-electron chi connectivity index (χ3n) is 8.31. The Morgan fingerprint density at radius 1 is 0.583 bits per heavy atom. The minimum absolute atomic E-state index is 0.455. The fourth-order valence-electron chi connectivity index (χ4n) is 4.45. The summed E-state index contributed by atoms with van der Waals surface area (Å²) in [6, 6.07) is 11.1. The number of hydrogen-bond donors (Lipinski definition) is 2. The maximum Gasteiger partial charge on any atom is 0.497 e. The van der Waals surface area contributed by atoms with Gasteiger partial charge in [0.05, 0.1) is 22.4 Å². The minimum atomic E-state index is -0.572. The summed E-state index contributed by atoms with van der Waals surface area (Å²) in [5.41, 5.74) is -0.258. The Kier molecular flexibility index (Phi) is 12.0. The van der Waals surface area contributed by atoms with Gasteiger partial charge >= 0.3 is 26.4 Å². The number of benzene rings is 2. The van der Waals surface area contributed by atoms with Crippen molar-refractivity contribution in [2.24, 2.45) is 0 Å². The Hall–Kier alpha value is -2.09. The van der Waals surface area contributed by atoms with E-state index in [0.717, 1.165) is 19.9 Å². The van der Waals surface area contributed by atoms with Gasteiger partial charge in [0, 0.05) is 31.2 Å². The molecule has 2 aliphatic heterocycles. The van der Waals surface area contributed by atoms with E-state index in [1.54, 1.807) is 12.1 Å². The van der Waals surface area contributed by atoms with Crippen molar-refractivity contribution >= 4 is 80.6 Å². The summed E-state index contributed by atoms with van der Waals surface area (Å²) in [7, 11) is -1.14. The fraction of sp³-hybridized carbons (Fsp3) is 0.588. The highest BCUT2D eigenvalue weighted by Gasteiger charge is 2.53. The number of anilines is 2. The molecular weight excluding hydrogens is 746 g/mol. The summed E-state index contributed by atoms with van der Waals surface area (Å²) < 4.78 is 36.8. The number of carbonyl (C=O) groups is 2. The molecule has 10 nitrogen and oxygen atoms in total. The number of hydrogen-bond acceptors (Lipinski definition) is 8. The lowest BCUT2D eigenvalue weighted by atomic mass is 9.78. The van der Waals surface area contributed by atoms with E-state index in [0.29, 0.717) is 11.4 Å². The van der Waals surface area contributed by atoms with Crippen LogP contribution in [0.4, 0.5) is 21.0 Å². The van der Waals surface area contributed by atoms with Crippen LogP contribution < -0.4 is 21.6 Å². The van der Waals surface area contributed by atoms with E-state index >= 15 is 0 Å². The molecular formula is C34H50B2Br2N2O8. The second-order valence-corrected chi connectivity index (χ2v) is 17.7. The van der Waals surface area contributed by atoms with Crippen LogP contribution in [0.2, 0.25) is 0 Å². The van der Waals surface area contributed by atoms with Gasteiger partial charge in [-0.15, -0.1) is 0 Å². The van der Waals surface area contributed by atoms with Gasteiger partial charge in [-0.05, 0) is 133 Å². The molecule has 2 aromatic carbocycles. The largest absolute Gasteiger partial charge is 0.497 e. The Morgan fingerprint density at radius 2 is 0.854 bits per heavy atom. The van der Waals surface area contributed by atoms with Gasteiger partial charge in [0.2, 0.25) is 0 Å². The van der Waals surface area contributed by atoms with Crippen LogP contribution in [0.3, 0.4) is 0 Å². The Morgan fingerprint density at radius 3 is 1.10 bits per heavy atom. The highest BCUT2D eigenvalue weighted by molar-refractivity contribution is 9.10. The number of halogens is 2. The monoisotopic (exact) mass is 794 g/mol. The first-order valence-electron chi connectivity index (χ1n) is 15.9. The van der Waals surface area contributed by atoms with E-state index in [2.05, 4.69) is 42.5 Å². The molecule has 2 aliphatic rings. The summed E-state index contributed by atoms with van der Waals surface area (Å²) in [5.74, 6) is 0. The molecule has 4 rings (SSSR count). The van der Waals surface area contributed by atoms with Gasteiger partial charge in [0.1, 0.15) is 11.2 Å². The number of carbonyl (C=O) groups excluding carboxylic acids is 2. The molecule has 2 saturated heterocycles. The normalized spacial score (nSPS) is 19.2. The fourth-order valence-corrected chi connectivity index (χ4v) is 5.21. The second kappa shape index (κ2) is 14.3. The van der Waals surface area contributed by atoms with Crippen LogP contribution >= 0.6 is 31.9 Å². The lowest BCUT2D eigenvalue weighted by molar-refractivity contribution is 0.00578. The van der Waals surface area contributed by atoms with Crippen LogP contribution in [0.5, 0.6) is 0 Å². The van der Waals surface area contributed by atoms with E-state index in [-0.39, 0.29) is 0 Å². The predicted molar refractivity (Wildman–Crippen MR) is 199 cm³/mol. The molecule has 2 N–H and O–H groups in total. The molecule has 264 valence electrons. The molecule has 2 fully saturated rings. The van der Waals surface area contributed by atoms with Crippen molar-refractivity contribution in [1.29, 1.82) is 0 Å². The van der Waals surface area contributed by atoms with Crippen molar-refractivity contribution in [3.05, 3.63) is 45.3 Å². The van der Waals surface area contributed by atoms with E-state index in [1.807, 2.05) is 121 Å². The molecule has 0 aliphatic carbocycles. The van der Waals surface area contributed by atoms with Crippen molar-refractivity contribution < 1.29 is 37.7 Å². The summed E-state index contributed by atoms with van der Waals surface area (Å²) in [5, 5.41) is 5.57. The van der Waals surface area contributed by atoms with Gasteiger partial charge in [0.15, 0.2) is 0 Å². The second-order valence-electron chi connectivity index (χ2n) is 15.9. The highest BCUT2D eigenvalue weighted by atomic mass is 79.9. The van der Waals surface area contributed by atoms with Gasteiger partial charge in [-0.1, -0.05) is 31.9 Å². The smallest absolute Gasteiger partial charge is 0.444 e. The number of ether oxygens (including phenoxy) is 2. The van der Waals surface area contributed by atoms with Crippen molar-refractivity contribution in [3.8, 4) is 0 Å². The van der Waals surface area contributed by atoms with Crippen LogP contribution in [0.15, 0.2) is 45.3 Å². The predicted octanol–water partition coefficient (Wildman–Crippen LogP) is 8.19. The van der Waals surface area contributed by atoms with Crippen molar-refractivity contribution in [2.75, 3.05) is 10.6 Å². The molecule has 14 heteroatoms. The third-order valence-corrected chi connectivity index (χ3v) is 9.30.